The quantitative estimate of drug-likeness (QED) is 0.337. The van der Waals surface area contributed by atoms with Gasteiger partial charge >= 0.3 is 0 Å². The van der Waals surface area contributed by atoms with Crippen LogP contribution in [-0.4, -0.2) is 14.7 Å². The van der Waals surface area contributed by atoms with Gasteiger partial charge in [0.15, 0.2) is 4.33 Å². The Balaban J connectivity index is 2.08. The minimum Gasteiger partial charge on any atom is -0.276 e. The second-order valence-corrected chi connectivity index (χ2v) is 9.19. The van der Waals surface area contributed by atoms with E-state index in [1.807, 2.05) is 66.7 Å². The van der Waals surface area contributed by atoms with Crippen molar-refractivity contribution in [1.29, 1.82) is 0 Å². The van der Waals surface area contributed by atoms with E-state index in [4.69, 9.17) is 46.4 Å². The highest BCUT2D eigenvalue weighted by atomic mass is 35.5. The molecule has 2 nitrogen and oxygen atoms in total. The molecule has 4 rings (SSSR count). The molecule has 0 radical (unpaired) electrons. The summed E-state index contributed by atoms with van der Waals surface area (Å²) in [5.74, 6) is -0.397. The van der Waals surface area contributed by atoms with E-state index < -0.39 is 20.1 Å². The lowest BCUT2D eigenvalue weighted by molar-refractivity contribution is -0.120. The van der Waals surface area contributed by atoms with Gasteiger partial charge in [-0.25, -0.2) is 0 Å². The van der Waals surface area contributed by atoms with Crippen LogP contribution >= 0.6 is 46.4 Å². The van der Waals surface area contributed by atoms with Crippen molar-refractivity contribution in [2.45, 2.75) is 14.2 Å². The van der Waals surface area contributed by atoms with Crippen molar-refractivity contribution in [1.82, 2.24) is 0 Å². The van der Waals surface area contributed by atoms with Crippen LogP contribution in [0.15, 0.2) is 91.0 Å². The molecule has 0 N–H and O–H groups in total. The van der Waals surface area contributed by atoms with E-state index in [0.717, 1.165) is 0 Å². The van der Waals surface area contributed by atoms with Crippen molar-refractivity contribution in [2.24, 2.45) is 0 Å². The molecular weight excluding hydrogens is 436 g/mol. The maximum Gasteiger partial charge on any atom is 0.247 e. The summed E-state index contributed by atoms with van der Waals surface area (Å²) in [6.07, 6.45) is 0. The van der Waals surface area contributed by atoms with Crippen molar-refractivity contribution in [3.63, 3.8) is 0 Å². The number of carbonyl (C=O) groups is 1. The number of benzene rings is 3. The zero-order valence-electron chi connectivity index (χ0n) is 14.5. The van der Waals surface area contributed by atoms with Crippen molar-refractivity contribution in [3.8, 4) is 0 Å². The largest absolute Gasteiger partial charge is 0.276 e. The van der Waals surface area contributed by atoms with E-state index in [2.05, 4.69) is 0 Å². The number of anilines is 1. The van der Waals surface area contributed by atoms with Gasteiger partial charge in [0.1, 0.15) is 5.41 Å². The number of hydrogen-bond acceptors (Lipinski definition) is 1. The zero-order valence-corrected chi connectivity index (χ0v) is 17.6. The Morgan fingerprint density at radius 1 is 0.607 bits per heavy atom. The van der Waals surface area contributed by atoms with E-state index in [1.54, 1.807) is 24.3 Å². The molecule has 1 heterocycles. The number of hydrogen-bond donors (Lipinski definition) is 0. The highest BCUT2D eigenvalue weighted by Crippen LogP contribution is 2.65. The Labute approximate surface area is 183 Å². The van der Waals surface area contributed by atoms with Gasteiger partial charge in [0, 0.05) is 5.69 Å². The summed E-state index contributed by atoms with van der Waals surface area (Å²) in [6.45, 7) is 0. The third kappa shape index (κ3) is 2.52. The summed E-state index contributed by atoms with van der Waals surface area (Å²) >= 11 is 27.4. The van der Waals surface area contributed by atoms with Crippen LogP contribution in [0.25, 0.3) is 0 Å². The van der Waals surface area contributed by atoms with Crippen molar-refractivity contribution in [2.75, 3.05) is 4.90 Å². The summed E-state index contributed by atoms with van der Waals surface area (Å²) in [4.78, 5) is 15.3. The first-order valence-electron chi connectivity index (χ1n) is 8.61. The molecule has 0 bridgehead atoms. The molecule has 1 aliphatic rings. The fraction of sp³-hybridized carbons (Fsp3) is 0.136. The predicted molar refractivity (Wildman–Crippen MR) is 116 cm³/mol. The number of rotatable bonds is 3. The van der Waals surface area contributed by atoms with Gasteiger partial charge in [-0.15, -0.1) is 0 Å². The van der Waals surface area contributed by atoms with Crippen LogP contribution in [0.4, 0.5) is 5.69 Å². The summed E-state index contributed by atoms with van der Waals surface area (Å²) in [7, 11) is 0. The first-order chi connectivity index (χ1) is 13.3. The molecule has 3 aromatic carbocycles. The number of alkyl halides is 4. The summed E-state index contributed by atoms with van der Waals surface area (Å²) in [5.41, 5.74) is 0.232. The van der Waals surface area contributed by atoms with Gasteiger partial charge in [-0.3, -0.25) is 9.69 Å². The highest BCUT2D eigenvalue weighted by molar-refractivity contribution is 6.67. The third-order valence-electron chi connectivity index (χ3n) is 5.08. The molecule has 0 saturated carbocycles. The second kappa shape index (κ2) is 6.96. The van der Waals surface area contributed by atoms with Gasteiger partial charge in [-0.05, 0) is 23.3 Å². The molecule has 1 saturated heterocycles. The van der Waals surface area contributed by atoms with E-state index >= 15 is 0 Å². The standard InChI is InChI=1S/C22H15Cl4NO/c23-21(24)20(16-10-4-1-5-11-16,17-12-6-2-7-13-17)19(28)27(22(21,25)26)18-14-8-3-9-15-18/h1-15H. The molecule has 142 valence electrons. The number of para-hydroxylation sites is 1. The maximum absolute atomic E-state index is 14.0. The molecular formula is C22H15Cl4NO. The number of nitrogens with zero attached hydrogens (tertiary/aromatic N) is 1. The highest BCUT2D eigenvalue weighted by Gasteiger charge is 2.76. The number of carbonyl (C=O) groups excluding carboxylic acids is 1. The maximum atomic E-state index is 14.0. The Hall–Kier alpha value is -1.71. The van der Waals surface area contributed by atoms with Crippen LogP contribution in [0.5, 0.6) is 0 Å². The van der Waals surface area contributed by atoms with E-state index in [9.17, 15) is 4.79 Å². The Morgan fingerprint density at radius 2 is 1.00 bits per heavy atom. The average Bonchev–Trinajstić information content (AvgIpc) is 2.83. The first-order valence-corrected chi connectivity index (χ1v) is 10.1. The Morgan fingerprint density at radius 3 is 1.43 bits per heavy atom. The lowest BCUT2D eigenvalue weighted by Gasteiger charge is -2.38. The van der Waals surface area contributed by atoms with E-state index in [0.29, 0.717) is 16.8 Å². The molecule has 3 aromatic rings. The van der Waals surface area contributed by atoms with Crippen molar-refractivity contribution < 1.29 is 4.79 Å². The topological polar surface area (TPSA) is 20.3 Å². The van der Waals surface area contributed by atoms with Crippen LogP contribution in [0.3, 0.4) is 0 Å². The summed E-state index contributed by atoms with van der Waals surface area (Å²) in [6, 6.07) is 27.2. The fourth-order valence-corrected chi connectivity index (χ4v) is 5.20. The fourth-order valence-electron chi connectivity index (χ4n) is 3.80. The molecule has 1 amide bonds. The molecule has 0 aliphatic carbocycles. The lowest BCUT2D eigenvalue weighted by Crippen LogP contribution is -2.50. The smallest absolute Gasteiger partial charge is 0.247 e. The van der Waals surface area contributed by atoms with Gasteiger partial charge in [-0.1, -0.05) is 125 Å². The van der Waals surface area contributed by atoms with Crippen LogP contribution < -0.4 is 4.90 Å². The summed E-state index contributed by atoms with van der Waals surface area (Å²) < 4.78 is -3.81. The van der Waals surface area contributed by atoms with Crippen LogP contribution in [0, 0.1) is 0 Å². The lowest BCUT2D eigenvalue weighted by atomic mass is 9.72. The van der Waals surface area contributed by atoms with Crippen LogP contribution in [-0.2, 0) is 10.2 Å². The predicted octanol–water partition coefficient (Wildman–Crippen LogP) is 6.32. The van der Waals surface area contributed by atoms with Crippen LogP contribution in [0.1, 0.15) is 11.1 Å². The summed E-state index contributed by atoms with van der Waals surface area (Å²) in [5, 5.41) is 0. The van der Waals surface area contributed by atoms with Gasteiger partial charge in [-0.2, -0.15) is 0 Å². The van der Waals surface area contributed by atoms with Crippen LogP contribution in [0.2, 0.25) is 0 Å². The monoisotopic (exact) mass is 449 g/mol. The normalized spacial score (nSPS) is 19.6. The number of halogens is 4. The molecule has 6 heteroatoms. The number of amides is 1. The SMILES string of the molecule is O=C1N(c2ccccc2)C(Cl)(Cl)C(Cl)(Cl)C1(c1ccccc1)c1ccccc1. The molecule has 0 spiro atoms. The molecule has 0 atom stereocenters. The Bertz CT molecular complexity index is 951. The Kier molecular flexibility index (Phi) is 4.87. The third-order valence-corrected chi connectivity index (χ3v) is 7.49. The van der Waals surface area contributed by atoms with Gasteiger partial charge in [0.25, 0.3) is 0 Å². The average molecular weight is 451 g/mol. The molecule has 0 unspecified atom stereocenters. The van der Waals surface area contributed by atoms with Gasteiger partial charge < -0.3 is 0 Å². The molecule has 28 heavy (non-hydrogen) atoms. The minimum absolute atomic E-state index is 0.397. The second-order valence-electron chi connectivity index (χ2n) is 6.57. The zero-order chi connectivity index (χ0) is 20.0. The van der Waals surface area contributed by atoms with Gasteiger partial charge in [0.2, 0.25) is 10.4 Å². The molecule has 0 aromatic heterocycles. The minimum atomic E-state index is -1.92. The molecule has 1 fully saturated rings. The van der Waals surface area contributed by atoms with E-state index in [1.165, 1.54) is 4.90 Å². The van der Waals surface area contributed by atoms with Crippen molar-refractivity contribution in [3.05, 3.63) is 102 Å². The molecule has 1 aliphatic heterocycles. The first kappa shape index (κ1) is 19.6. The van der Waals surface area contributed by atoms with Crippen molar-refractivity contribution >= 4 is 58.0 Å². The van der Waals surface area contributed by atoms with Gasteiger partial charge in [0.05, 0.1) is 0 Å². The van der Waals surface area contributed by atoms with E-state index in [-0.39, 0.29) is 0 Å².